The number of H-pyrrole nitrogens is 1. The lowest BCUT2D eigenvalue weighted by atomic mass is 9.84. The number of rotatable bonds is 4. The lowest BCUT2D eigenvalue weighted by molar-refractivity contribution is 0.121. The first kappa shape index (κ1) is 19.4. The maximum absolute atomic E-state index is 12.0. The number of benzene rings is 2. The molecule has 0 aliphatic rings. The van der Waals surface area contributed by atoms with Crippen molar-refractivity contribution in [3.63, 3.8) is 0 Å². The van der Waals surface area contributed by atoms with Crippen LogP contribution in [0.1, 0.15) is 22.6 Å². The van der Waals surface area contributed by atoms with Gasteiger partial charge in [-0.3, -0.25) is 9.97 Å². The fourth-order valence-electron chi connectivity index (χ4n) is 3.86. The maximum Gasteiger partial charge on any atom is 0.158 e. The molecule has 2 aromatic carbocycles. The van der Waals surface area contributed by atoms with E-state index in [0.29, 0.717) is 27.7 Å². The number of hydrogen-bond donors (Lipinski definition) is 2. The molecule has 3 aromatic heterocycles. The first-order chi connectivity index (χ1) is 15.1. The second-order valence-electron chi connectivity index (χ2n) is 7.42. The number of imidazole rings is 1. The molecule has 5 aromatic rings. The van der Waals surface area contributed by atoms with Gasteiger partial charge in [-0.05, 0) is 36.2 Å². The molecule has 3 heterocycles. The summed E-state index contributed by atoms with van der Waals surface area (Å²) in [5.41, 5.74) is 2.93. The van der Waals surface area contributed by atoms with Crippen LogP contribution in [0.2, 0.25) is 5.02 Å². The Bertz CT molecular complexity index is 1370. The van der Waals surface area contributed by atoms with Crippen molar-refractivity contribution in [2.45, 2.75) is 12.5 Å². The molecular formula is C25H19ClN4O. The maximum atomic E-state index is 12.0. The van der Waals surface area contributed by atoms with Crippen LogP contribution in [0.5, 0.6) is 0 Å². The van der Waals surface area contributed by atoms with Gasteiger partial charge in [0, 0.05) is 35.1 Å². The van der Waals surface area contributed by atoms with E-state index < -0.39 is 5.60 Å². The Morgan fingerprint density at radius 2 is 1.74 bits per heavy atom. The number of nitrogens with one attached hydrogen (secondary N) is 1. The number of aliphatic hydroxyl groups is 1. The second-order valence-corrected chi connectivity index (χ2v) is 7.80. The molecule has 0 saturated heterocycles. The molecule has 5 rings (SSSR count). The van der Waals surface area contributed by atoms with Crippen molar-refractivity contribution in [3.05, 3.63) is 113 Å². The first-order valence-corrected chi connectivity index (χ1v) is 10.2. The van der Waals surface area contributed by atoms with Crippen molar-refractivity contribution in [2.24, 2.45) is 0 Å². The molecule has 0 aliphatic carbocycles. The normalized spacial score (nSPS) is 13.3. The van der Waals surface area contributed by atoms with E-state index in [4.69, 9.17) is 11.6 Å². The molecule has 0 saturated carbocycles. The second kappa shape index (κ2) is 7.61. The van der Waals surface area contributed by atoms with Gasteiger partial charge in [0.05, 0.1) is 22.4 Å². The Hall–Kier alpha value is -3.54. The molecule has 0 aliphatic heterocycles. The number of aromatic amines is 1. The minimum atomic E-state index is -1.48. The molecule has 0 radical (unpaired) electrons. The summed E-state index contributed by atoms with van der Waals surface area (Å²) in [4.78, 5) is 16.3. The minimum Gasteiger partial charge on any atom is -0.374 e. The Labute approximate surface area is 184 Å². The number of halogens is 1. The topological polar surface area (TPSA) is 74.7 Å². The number of pyridine rings is 2. The van der Waals surface area contributed by atoms with Gasteiger partial charge >= 0.3 is 0 Å². The highest BCUT2D eigenvalue weighted by atomic mass is 35.5. The average Bonchev–Trinajstić information content (AvgIpc) is 3.26. The molecule has 0 bridgehead atoms. The number of aryl methyl sites for hydroxylation is 1. The number of fused-ring (bicyclic) bond motifs is 1. The third-order valence-electron chi connectivity index (χ3n) is 5.48. The van der Waals surface area contributed by atoms with Crippen LogP contribution in [0.15, 0.2) is 85.5 Å². The highest BCUT2D eigenvalue weighted by Crippen LogP contribution is 2.39. The molecule has 1 atom stereocenters. The van der Waals surface area contributed by atoms with Crippen molar-refractivity contribution in [1.82, 2.24) is 19.9 Å². The third-order valence-corrected chi connectivity index (χ3v) is 5.88. The largest absolute Gasteiger partial charge is 0.374 e. The summed E-state index contributed by atoms with van der Waals surface area (Å²) < 4.78 is 0. The Morgan fingerprint density at radius 1 is 0.903 bits per heavy atom. The van der Waals surface area contributed by atoms with Crippen LogP contribution >= 0.6 is 11.6 Å². The highest BCUT2D eigenvalue weighted by Gasteiger charge is 2.36. The van der Waals surface area contributed by atoms with Crippen LogP contribution < -0.4 is 0 Å². The minimum absolute atomic E-state index is 0.556. The van der Waals surface area contributed by atoms with Crippen molar-refractivity contribution >= 4 is 22.5 Å². The van der Waals surface area contributed by atoms with E-state index in [0.717, 1.165) is 22.0 Å². The van der Waals surface area contributed by atoms with Gasteiger partial charge in [-0.2, -0.15) is 0 Å². The van der Waals surface area contributed by atoms with Gasteiger partial charge in [0.25, 0.3) is 0 Å². The summed E-state index contributed by atoms with van der Waals surface area (Å²) in [6, 6.07) is 19.1. The van der Waals surface area contributed by atoms with Crippen molar-refractivity contribution in [3.8, 4) is 11.1 Å². The molecular weight excluding hydrogens is 408 g/mol. The van der Waals surface area contributed by atoms with Crippen molar-refractivity contribution < 1.29 is 5.11 Å². The van der Waals surface area contributed by atoms with Gasteiger partial charge in [0.1, 0.15) is 5.82 Å². The van der Waals surface area contributed by atoms with Gasteiger partial charge in [0.2, 0.25) is 0 Å². The lowest BCUT2D eigenvalue weighted by Gasteiger charge is -2.28. The van der Waals surface area contributed by atoms with Crippen molar-refractivity contribution in [1.29, 1.82) is 0 Å². The molecule has 0 fully saturated rings. The Balaban J connectivity index is 1.75. The Kier molecular flexibility index (Phi) is 4.77. The van der Waals surface area contributed by atoms with Gasteiger partial charge in [-0.25, -0.2) is 4.98 Å². The van der Waals surface area contributed by atoms with Crippen LogP contribution in [-0.4, -0.2) is 25.0 Å². The average molecular weight is 427 g/mol. The van der Waals surface area contributed by atoms with Crippen LogP contribution in [0.25, 0.3) is 22.0 Å². The predicted octanol–water partition coefficient (Wildman–Crippen LogP) is 5.27. The van der Waals surface area contributed by atoms with E-state index in [1.54, 1.807) is 30.9 Å². The summed E-state index contributed by atoms with van der Waals surface area (Å²) in [5.74, 6) is 0.712. The number of aromatic nitrogens is 4. The van der Waals surface area contributed by atoms with E-state index in [-0.39, 0.29) is 0 Å². The zero-order chi connectivity index (χ0) is 21.4. The number of nitrogens with zero attached hydrogens (tertiary/aromatic N) is 3. The summed E-state index contributed by atoms with van der Waals surface area (Å²) in [7, 11) is 0. The Morgan fingerprint density at radius 3 is 2.45 bits per heavy atom. The first-order valence-electron chi connectivity index (χ1n) is 9.86. The molecule has 6 heteroatoms. The molecule has 152 valence electrons. The summed E-state index contributed by atoms with van der Waals surface area (Å²) in [6.45, 7) is 1.85. The summed E-state index contributed by atoms with van der Waals surface area (Å²) in [6.07, 6.45) is 6.76. The zero-order valence-corrected chi connectivity index (χ0v) is 17.5. The number of hydrogen-bond acceptors (Lipinski definition) is 4. The van der Waals surface area contributed by atoms with Crippen LogP contribution in [0.3, 0.4) is 0 Å². The quantitative estimate of drug-likeness (QED) is 0.410. The van der Waals surface area contributed by atoms with E-state index in [1.807, 2.05) is 61.5 Å². The summed E-state index contributed by atoms with van der Waals surface area (Å²) >= 11 is 6.84. The standard InChI is InChI=1S/C25H19ClN4O/c1-16-28-15-23(30-16)25(31,19-8-5-11-27-13-19)18-9-10-22-20(12-18)24(26)21(14-29-22)17-6-3-2-4-7-17/h2-15,31H,1H3,(H,28,30). The zero-order valence-electron chi connectivity index (χ0n) is 16.7. The van der Waals surface area contributed by atoms with Crippen LogP contribution in [0, 0.1) is 6.92 Å². The predicted molar refractivity (Wildman–Crippen MR) is 122 cm³/mol. The van der Waals surface area contributed by atoms with E-state index in [2.05, 4.69) is 19.9 Å². The van der Waals surface area contributed by atoms with Gasteiger partial charge in [0.15, 0.2) is 5.60 Å². The molecule has 5 nitrogen and oxygen atoms in total. The fraction of sp³-hybridized carbons (Fsp3) is 0.0800. The van der Waals surface area contributed by atoms with E-state index >= 15 is 0 Å². The van der Waals surface area contributed by atoms with Crippen LogP contribution in [0.4, 0.5) is 0 Å². The van der Waals surface area contributed by atoms with E-state index in [9.17, 15) is 5.11 Å². The monoisotopic (exact) mass is 426 g/mol. The van der Waals surface area contributed by atoms with Crippen molar-refractivity contribution in [2.75, 3.05) is 0 Å². The summed E-state index contributed by atoms with van der Waals surface area (Å²) in [5, 5.41) is 13.4. The fourth-order valence-corrected chi connectivity index (χ4v) is 4.17. The third kappa shape index (κ3) is 3.28. The van der Waals surface area contributed by atoms with Gasteiger partial charge in [-0.1, -0.05) is 54.1 Å². The molecule has 0 amide bonds. The molecule has 31 heavy (non-hydrogen) atoms. The SMILES string of the molecule is Cc1ncc(C(O)(c2cccnc2)c2ccc3ncc(-c4ccccc4)c(Cl)c3c2)[nH]1. The highest BCUT2D eigenvalue weighted by molar-refractivity contribution is 6.38. The lowest BCUT2D eigenvalue weighted by Crippen LogP contribution is -2.29. The smallest absolute Gasteiger partial charge is 0.158 e. The van der Waals surface area contributed by atoms with Crippen LogP contribution in [-0.2, 0) is 5.60 Å². The van der Waals surface area contributed by atoms with Gasteiger partial charge < -0.3 is 10.1 Å². The molecule has 0 spiro atoms. The molecule has 2 N–H and O–H groups in total. The van der Waals surface area contributed by atoms with Gasteiger partial charge in [-0.15, -0.1) is 0 Å². The van der Waals surface area contributed by atoms with E-state index in [1.165, 1.54) is 0 Å². The molecule has 1 unspecified atom stereocenters.